The summed E-state index contributed by atoms with van der Waals surface area (Å²) in [4.78, 5) is 10.3. The van der Waals surface area contributed by atoms with E-state index >= 15 is 0 Å². The van der Waals surface area contributed by atoms with Gasteiger partial charge in [-0.1, -0.05) is 0 Å². The second kappa shape index (κ2) is 2.13. The van der Waals surface area contributed by atoms with Crippen LogP contribution in [-0.4, -0.2) is 18.6 Å². The van der Waals surface area contributed by atoms with Crippen molar-refractivity contribution in [1.82, 2.24) is 0 Å². The van der Waals surface area contributed by atoms with Gasteiger partial charge in [-0.3, -0.25) is 4.79 Å². The molecular formula is C5H11NO2. The quantitative estimate of drug-likeness (QED) is 0.549. The van der Waals surface area contributed by atoms with Crippen molar-refractivity contribution in [3.8, 4) is 0 Å². The smallest absolute Gasteiger partial charge is 0.249 e. The van der Waals surface area contributed by atoms with Crippen molar-refractivity contribution in [2.75, 3.05) is 7.11 Å². The zero-order chi connectivity index (χ0) is 6.78. The number of amides is 1. The van der Waals surface area contributed by atoms with Crippen molar-refractivity contribution < 1.29 is 9.53 Å². The van der Waals surface area contributed by atoms with Gasteiger partial charge in [0.05, 0.1) is 0 Å². The third-order valence-electron chi connectivity index (χ3n) is 1.10. The Kier molecular flexibility index (Phi) is 1.98. The van der Waals surface area contributed by atoms with E-state index in [1.807, 2.05) is 0 Å². The average Bonchev–Trinajstić information content (AvgIpc) is 1.67. The minimum atomic E-state index is -0.819. The van der Waals surface area contributed by atoms with Gasteiger partial charge in [0.15, 0.2) is 0 Å². The molecule has 1 amide bonds. The minimum Gasteiger partial charge on any atom is -0.369 e. The molecule has 0 spiro atoms. The molecule has 0 bridgehead atoms. The SMILES string of the molecule is COC(C)(C)C(N)=O. The molecule has 48 valence electrons. The molecule has 0 aliphatic rings. The fourth-order valence-electron chi connectivity index (χ4n) is 0.101. The van der Waals surface area contributed by atoms with E-state index in [0.717, 1.165) is 0 Å². The molecule has 3 nitrogen and oxygen atoms in total. The standard InChI is InChI=1S/C5H11NO2/c1-5(2,8-3)4(6)7/h1-3H3,(H2,6,7). The second-order valence-electron chi connectivity index (χ2n) is 2.08. The van der Waals surface area contributed by atoms with Gasteiger partial charge in [0.25, 0.3) is 0 Å². The molecule has 0 aromatic rings. The zero-order valence-electron chi connectivity index (χ0n) is 5.39. The Morgan fingerprint density at radius 2 is 2.00 bits per heavy atom. The van der Waals surface area contributed by atoms with Gasteiger partial charge >= 0.3 is 0 Å². The first kappa shape index (κ1) is 7.43. The third-order valence-corrected chi connectivity index (χ3v) is 1.10. The van der Waals surface area contributed by atoms with Crippen molar-refractivity contribution in [2.45, 2.75) is 19.4 Å². The van der Waals surface area contributed by atoms with Gasteiger partial charge in [-0.25, -0.2) is 0 Å². The van der Waals surface area contributed by atoms with E-state index in [4.69, 9.17) is 10.5 Å². The molecule has 0 heterocycles. The van der Waals surface area contributed by atoms with Gasteiger partial charge < -0.3 is 10.5 Å². The Hall–Kier alpha value is -0.570. The molecule has 8 heavy (non-hydrogen) atoms. The van der Waals surface area contributed by atoms with E-state index in [2.05, 4.69) is 0 Å². The van der Waals surface area contributed by atoms with E-state index < -0.39 is 11.5 Å². The topological polar surface area (TPSA) is 52.3 Å². The third kappa shape index (κ3) is 1.50. The van der Waals surface area contributed by atoms with Crippen LogP contribution in [0.2, 0.25) is 0 Å². The summed E-state index contributed by atoms with van der Waals surface area (Å²) in [6, 6.07) is 0. The first-order valence-corrected chi connectivity index (χ1v) is 2.36. The highest BCUT2D eigenvalue weighted by Crippen LogP contribution is 2.03. The maximum Gasteiger partial charge on any atom is 0.249 e. The average molecular weight is 117 g/mol. The van der Waals surface area contributed by atoms with Crippen LogP contribution < -0.4 is 5.73 Å². The largest absolute Gasteiger partial charge is 0.369 e. The van der Waals surface area contributed by atoms with Crippen LogP contribution in [0.4, 0.5) is 0 Å². The molecule has 0 fully saturated rings. The van der Waals surface area contributed by atoms with Crippen molar-refractivity contribution in [2.24, 2.45) is 5.73 Å². The van der Waals surface area contributed by atoms with Gasteiger partial charge in [-0.05, 0) is 13.8 Å². The molecule has 2 N–H and O–H groups in total. The summed E-state index contributed by atoms with van der Waals surface area (Å²) in [5.41, 5.74) is 4.10. The van der Waals surface area contributed by atoms with Crippen molar-refractivity contribution in [3.63, 3.8) is 0 Å². The van der Waals surface area contributed by atoms with E-state index in [0.29, 0.717) is 0 Å². The van der Waals surface area contributed by atoms with Crippen LogP contribution in [0.1, 0.15) is 13.8 Å². The molecule has 0 rings (SSSR count). The Morgan fingerprint density at radius 1 is 1.62 bits per heavy atom. The van der Waals surface area contributed by atoms with Crippen LogP contribution in [0.15, 0.2) is 0 Å². The number of primary amides is 1. The minimum absolute atomic E-state index is 0.444. The van der Waals surface area contributed by atoms with Crippen LogP contribution in [0, 0.1) is 0 Å². The van der Waals surface area contributed by atoms with Gasteiger partial charge in [0.2, 0.25) is 5.91 Å². The van der Waals surface area contributed by atoms with Crippen LogP contribution in [0.25, 0.3) is 0 Å². The molecule has 0 radical (unpaired) electrons. The molecule has 0 aliphatic carbocycles. The molecule has 0 aliphatic heterocycles. The van der Waals surface area contributed by atoms with E-state index in [9.17, 15) is 4.79 Å². The first-order valence-electron chi connectivity index (χ1n) is 2.36. The number of rotatable bonds is 2. The molecule has 0 aromatic heterocycles. The fourth-order valence-corrected chi connectivity index (χ4v) is 0.101. The number of nitrogens with two attached hydrogens (primary N) is 1. The van der Waals surface area contributed by atoms with E-state index in [1.54, 1.807) is 13.8 Å². The number of ether oxygens (including phenoxy) is 1. The maximum absolute atomic E-state index is 10.3. The fraction of sp³-hybridized carbons (Fsp3) is 0.800. The van der Waals surface area contributed by atoms with Crippen LogP contribution in [0.5, 0.6) is 0 Å². The lowest BCUT2D eigenvalue weighted by Crippen LogP contribution is -2.39. The lowest BCUT2D eigenvalue weighted by molar-refractivity contribution is -0.135. The maximum atomic E-state index is 10.3. The predicted molar refractivity (Wildman–Crippen MR) is 30.3 cm³/mol. The predicted octanol–water partition coefficient (Wildman–Crippen LogP) is -0.103. The summed E-state index contributed by atoms with van der Waals surface area (Å²) >= 11 is 0. The van der Waals surface area contributed by atoms with Gasteiger partial charge in [-0.2, -0.15) is 0 Å². The highest BCUT2D eigenvalue weighted by Gasteiger charge is 2.22. The van der Waals surface area contributed by atoms with Crippen molar-refractivity contribution in [3.05, 3.63) is 0 Å². The highest BCUT2D eigenvalue weighted by atomic mass is 16.5. The summed E-state index contributed by atoms with van der Waals surface area (Å²) < 4.78 is 4.72. The van der Waals surface area contributed by atoms with E-state index in [1.165, 1.54) is 7.11 Å². The van der Waals surface area contributed by atoms with E-state index in [-0.39, 0.29) is 0 Å². The van der Waals surface area contributed by atoms with Crippen LogP contribution >= 0.6 is 0 Å². The number of carbonyl (C=O) groups excluding carboxylic acids is 1. The number of carbonyl (C=O) groups is 1. The van der Waals surface area contributed by atoms with Gasteiger partial charge in [0.1, 0.15) is 5.60 Å². The van der Waals surface area contributed by atoms with Gasteiger partial charge in [0, 0.05) is 7.11 Å². The zero-order valence-corrected chi connectivity index (χ0v) is 5.39. The Balaban J connectivity index is 3.91. The summed E-state index contributed by atoms with van der Waals surface area (Å²) in [6.45, 7) is 3.24. The molecular weight excluding hydrogens is 106 g/mol. The number of methoxy groups -OCH3 is 1. The molecule has 0 aromatic carbocycles. The normalized spacial score (nSPS) is 11.4. The summed E-state index contributed by atoms with van der Waals surface area (Å²) in [6.07, 6.45) is 0. The van der Waals surface area contributed by atoms with Gasteiger partial charge in [-0.15, -0.1) is 0 Å². The molecule has 0 saturated heterocycles. The number of hydrogen-bond acceptors (Lipinski definition) is 2. The van der Waals surface area contributed by atoms with Crippen molar-refractivity contribution >= 4 is 5.91 Å². The summed E-state index contributed by atoms with van der Waals surface area (Å²) in [5, 5.41) is 0. The Morgan fingerprint density at radius 3 is 2.00 bits per heavy atom. The highest BCUT2D eigenvalue weighted by molar-refractivity contribution is 5.82. The first-order chi connectivity index (χ1) is 3.50. The molecule has 0 saturated carbocycles. The molecule has 3 heteroatoms. The monoisotopic (exact) mass is 117 g/mol. The summed E-state index contributed by atoms with van der Waals surface area (Å²) in [5.74, 6) is -0.444. The van der Waals surface area contributed by atoms with Crippen LogP contribution in [-0.2, 0) is 9.53 Å². The number of hydrogen-bond donors (Lipinski definition) is 1. The van der Waals surface area contributed by atoms with Crippen molar-refractivity contribution in [1.29, 1.82) is 0 Å². The lowest BCUT2D eigenvalue weighted by atomic mass is 10.1. The Labute approximate surface area is 48.8 Å². The molecule has 0 atom stereocenters. The van der Waals surface area contributed by atoms with Crippen LogP contribution in [0.3, 0.4) is 0 Å². The lowest BCUT2D eigenvalue weighted by Gasteiger charge is -2.17. The summed E-state index contributed by atoms with van der Waals surface area (Å²) in [7, 11) is 1.45. The Bertz CT molecular complexity index is 98.6. The second-order valence-corrected chi connectivity index (χ2v) is 2.08. The molecule has 0 unspecified atom stereocenters.